The summed E-state index contributed by atoms with van der Waals surface area (Å²) < 4.78 is 0.654. The van der Waals surface area contributed by atoms with Gasteiger partial charge in [-0.05, 0) is 18.4 Å². The number of thioether (sulfide) groups is 1. The lowest BCUT2D eigenvalue weighted by molar-refractivity contribution is 0.512. The van der Waals surface area contributed by atoms with Gasteiger partial charge in [0.05, 0.1) is 4.20 Å². The molecule has 1 heterocycles. The van der Waals surface area contributed by atoms with Gasteiger partial charge in [0.1, 0.15) is 5.76 Å². The average Bonchev–Trinajstić information content (AvgIpc) is 2.19. The Morgan fingerprint density at radius 2 is 2.46 bits per heavy atom. The number of aliphatic hydroxyl groups is 1. The van der Waals surface area contributed by atoms with E-state index < -0.39 is 0 Å². The fourth-order valence-corrected chi connectivity index (χ4v) is 1.11. The number of thiocarbonyl (C=S) groups is 1. The molecule has 68 valence electrons. The largest absolute Gasteiger partial charge is 0.507 e. The predicted molar refractivity (Wildman–Crippen MR) is 61.0 cm³/mol. The summed E-state index contributed by atoms with van der Waals surface area (Å²) in [5.74, 6) is 0.160. The molecule has 0 spiro atoms. The Labute approximate surface area is 86.7 Å². The number of aromatic nitrogens is 1. The molecule has 4 heteroatoms. The van der Waals surface area contributed by atoms with Gasteiger partial charge >= 0.3 is 0 Å². The standard InChI is InChI=1S/C9H9NOS2/c1-13-9(12)5-8(11)7-3-2-4-10-6-7/h2-6,11H,1H3. The van der Waals surface area contributed by atoms with Crippen LogP contribution in [0.2, 0.25) is 0 Å². The molecular formula is C9H9NOS2. The van der Waals surface area contributed by atoms with E-state index in [1.165, 1.54) is 11.8 Å². The summed E-state index contributed by atoms with van der Waals surface area (Å²) in [6, 6.07) is 3.54. The molecule has 0 unspecified atom stereocenters. The molecule has 0 aliphatic carbocycles. The summed E-state index contributed by atoms with van der Waals surface area (Å²) in [5.41, 5.74) is 0.680. The third-order valence-electron chi connectivity index (χ3n) is 1.41. The van der Waals surface area contributed by atoms with E-state index >= 15 is 0 Å². The molecule has 0 aliphatic rings. The van der Waals surface area contributed by atoms with Crippen molar-refractivity contribution in [2.24, 2.45) is 0 Å². The molecule has 0 aliphatic heterocycles. The molecule has 0 aromatic carbocycles. The molecule has 1 rings (SSSR count). The van der Waals surface area contributed by atoms with Gasteiger partial charge < -0.3 is 5.11 Å². The number of hydrogen-bond acceptors (Lipinski definition) is 4. The summed E-state index contributed by atoms with van der Waals surface area (Å²) in [5, 5.41) is 9.54. The van der Waals surface area contributed by atoms with Crippen molar-refractivity contribution >= 4 is 33.9 Å². The lowest BCUT2D eigenvalue weighted by Gasteiger charge is -1.98. The van der Waals surface area contributed by atoms with Crippen molar-refractivity contribution in [2.75, 3.05) is 6.26 Å². The summed E-state index contributed by atoms with van der Waals surface area (Å²) in [7, 11) is 0. The van der Waals surface area contributed by atoms with Crippen LogP contribution in [0, 0.1) is 0 Å². The van der Waals surface area contributed by atoms with Crippen LogP contribution in [-0.4, -0.2) is 20.5 Å². The molecule has 0 radical (unpaired) electrons. The number of pyridine rings is 1. The SMILES string of the molecule is CSC(=S)C=C(O)c1cccnc1. The monoisotopic (exact) mass is 211 g/mol. The van der Waals surface area contributed by atoms with Crippen LogP contribution in [0.5, 0.6) is 0 Å². The normalized spacial score (nSPS) is 11.3. The fraction of sp³-hybridized carbons (Fsp3) is 0.111. The average molecular weight is 211 g/mol. The highest BCUT2D eigenvalue weighted by Crippen LogP contribution is 2.11. The lowest BCUT2D eigenvalue weighted by Crippen LogP contribution is -1.87. The van der Waals surface area contributed by atoms with Crippen LogP contribution in [0.4, 0.5) is 0 Å². The first kappa shape index (κ1) is 10.2. The Hall–Kier alpha value is -0.870. The lowest BCUT2D eigenvalue weighted by atomic mass is 10.2. The van der Waals surface area contributed by atoms with Crippen LogP contribution < -0.4 is 0 Å². The van der Waals surface area contributed by atoms with Crippen LogP contribution in [0.3, 0.4) is 0 Å². The Morgan fingerprint density at radius 1 is 1.69 bits per heavy atom. The second kappa shape index (κ2) is 4.99. The maximum atomic E-state index is 9.54. The van der Waals surface area contributed by atoms with Gasteiger partial charge in [-0.2, -0.15) is 0 Å². The van der Waals surface area contributed by atoms with Gasteiger partial charge in [-0.25, -0.2) is 0 Å². The minimum Gasteiger partial charge on any atom is -0.507 e. The van der Waals surface area contributed by atoms with Crippen molar-refractivity contribution in [3.8, 4) is 0 Å². The topological polar surface area (TPSA) is 33.1 Å². The van der Waals surface area contributed by atoms with Crippen LogP contribution in [0.1, 0.15) is 5.56 Å². The first-order valence-corrected chi connectivity index (χ1v) is 5.26. The van der Waals surface area contributed by atoms with E-state index in [1.54, 1.807) is 30.6 Å². The molecule has 2 nitrogen and oxygen atoms in total. The zero-order chi connectivity index (χ0) is 9.68. The molecule has 1 aromatic rings. The predicted octanol–water partition coefficient (Wildman–Crippen LogP) is 2.67. The summed E-state index contributed by atoms with van der Waals surface area (Å²) in [4.78, 5) is 3.89. The van der Waals surface area contributed by atoms with Crippen molar-refractivity contribution in [3.05, 3.63) is 36.2 Å². The summed E-state index contributed by atoms with van der Waals surface area (Å²) >= 11 is 6.36. The smallest absolute Gasteiger partial charge is 0.126 e. The Kier molecular flexibility index (Phi) is 3.92. The third-order valence-corrected chi connectivity index (χ3v) is 2.55. The van der Waals surface area contributed by atoms with Gasteiger partial charge in [0.25, 0.3) is 0 Å². The highest BCUT2D eigenvalue weighted by Gasteiger charge is 1.98. The minimum absolute atomic E-state index is 0.160. The van der Waals surface area contributed by atoms with E-state index in [-0.39, 0.29) is 5.76 Å². The molecule has 0 saturated heterocycles. The molecule has 1 N–H and O–H groups in total. The molecule has 0 fully saturated rings. The summed E-state index contributed by atoms with van der Waals surface area (Å²) in [6.07, 6.45) is 6.67. The van der Waals surface area contributed by atoms with Gasteiger partial charge in [-0.1, -0.05) is 12.2 Å². The van der Waals surface area contributed by atoms with E-state index in [2.05, 4.69) is 4.98 Å². The van der Waals surface area contributed by atoms with Crippen molar-refractivity contribution in [3.63, 3.8) is 0 Å². The van der Waals surface area contributed by atoms with Crippen molar-refractivity contribution in [2.45, 2.75) is 0 Å². The number of nitrogens with zero attached hydrogens (tertiary/aromatic N) is 1. The molecule has 0 saturated carbocycles. The van der Waals surface area contributed by atoms with Crippen molar-refractivity contribution < 1.29 is 5.11 Å². The van der Waals surface area contributed by atoms with E-state index in [4.69, 9.17) is 12.2 Å². The number of rotatable bonds is 2. The molecule has 1 aromatic heterocycles. The highest BCUT2D eigenvalue weighted by atomic mass is 32.2. The maximum Gasteiger partial charge on any atom is 0.126 e. The van der Waals surface area contributed by atoms with Crippen LogP contribution >= 0.6 is 24.0 Å². The number of hydrogen-bond donors (Lipinski definition) is 1. The van der Waals surface area contributed by atoms with Gasteiger partial charge in [-0.15, -0.1) is 11.8 Å². The molecule has 13 heavy (non-hydrogen) atoms. The van der Waals surface area contributed by atoms with E-state index in [9.17, 15) is 5.11 Å². The van der Waals surface area contributed by atoms with Crippen molar-refractivity contribution in [1.29, 1.82) is 0 Å². The zero-order valence-corrected chi connectivity index (χ0v) is 8.73. The Morgan fingerprint density at radius 3 is 3.00 bits per heavy atom. The van der Waals surface area contributed by atoms with Crippen LogP contribution in [0.15, 0.2) is 30.6 Å². The Balaban J connectivity index is 2.85. The van der Waals surface area contributed by atoms with E-state index in [0.29, 0.717) is 9.76 Å². The molecular weight excluding hydrogens is 202 g/mol. The van der Waals surface area contributed by atoms with E-state index in [0.717, 1.165) is 0 Å². The highest BCUT2D eigenvalue weighted by molar-refractivity contribution is 8.23. The maximum absolute atomic E-state index is 9.54. The van der Waals surface area contributed by atoms with Crippen molar-refractivity contribution in [1.82, 2.24) is 4.98 Å². The van der Waals surface area contributed by atoms with Gasteiger partial charge in [0.15, 0.2) is 0 Å². The van der Waals surface area contributed by atoms with Crippen LogP contribution in [-0.2, 0) is 0 Å². The zero-order valence-electron chi connectivity index (χ0n) is 7.10. The molecule has 0 atom stereocenters. The number of aliphatic hydroxyl groups excluding tert-OH is 1. The second-order valence-electron chi connectivity index (χ2n) is 2.29. The molecule has 0 bridgehead atoms. The first-order valence-electron chi connectivity index (χ1n) is 3.63. The first-order chi connectivity index (χ1) is 6.24. The third kappa shape index (κ3) is 3.16. The molecule has 0 amide bonds. The Bertz CT molecular complexity index is 322. The second-order valence-corrected chi connectivity index (χ2v) is 3.84. The van der Waals surface area contributed by atoms with E-state index in [1.807, 2.05) is 6.26 Å². The summed E-state index contributed by atoms with van der Waals surface area (Å²) in [6.45, 7) is 0. The van der Waals surface area contributed by atoms with Gasteiger partial charge in [0.2, 0.25) is 0 Å². The fourth-order valence-electron chi connectivity index (χ4n) is 0.768. The quantitative estimate of drug-likeness (QED) is 0.463. The minimum atomic E-state index is 0.160. The van der Waals surface area contributed by atoms with Gasteiger partial charge in [0, 0.05) is 24.0 Å². The van der Waals surface area contributed by atoms with Crippen LogP contribution in [0.25, 0.3) is 5.76 Å². The van der Waals surface area contributed by atoms with Gasteiger partial charge in [-0.3, -0.25) is 4.98 Å².